The minimum absolute atomic E-state index is 0.225. The van der Waals surface area contributed by atoms with Gasteiger partial charge in [0.2, 0.25) is 0 Å². The molecule has 3 rings (SSSR count). The lowest BCUT2D eigenvalue weighted by molar-refractivity contribution is 0.198. The number of nitrogens with two attached hydrogens (primary N) is 1. The SMILES string of the molecule is COc1ccc2cc(C3C(N)CCN3C(C)C)ccc2c1. The van der Waals surface area contributed by atoms with Crippen LogP contribution in [0.25, 0.3) is 10.8 Å². The minimum Gasteiger partial charge on any atom is -0.497 e. The van der Waals surface area contributed by atoms with Crippen molar-refractivity contribution in [3.8, 4) is 5.75 Å². The first-order valence-corrected chi connectivity index (χ1v) is 7.69. The molecule has 1 fully saturated rings. The first kappa shape index (κ1) is 14.4. The molecular formula is C18H24N2O. The van der Waals surface area contributed by atoms with Crippen LogP contribution in [-0.2, 0) is 0 Å². The summed E-state index contributed by atoms with van der Waals surface area (Å²) in [4.78, 5) is 2.51. The number of rotatable bonds is 3. The van der Waals surface area contributed by atoms with Crippen molar-refractivity contribution in [1.82, 2.24) is 4.90 Å². The van der Waals surface area contributed by atoms with Crippen molar-refractivity contribution < 1.29 is 4.74 Å². The zero-order valence-corrected chi connectivity index (χ0v) is 13.0. The summed E-state index contributed by atoms with van der Waals surface area (Å²) in [5, 5.41) is 2.46. The third kappa shape index (κ3) is 2.63. The van der Waals surface area contributed by atoms with Gasteiger partial charge in [0, 0.05) is 18.6 Å². The van der Waals surface area contributed by atoms with E-state index in [1.807, 2.05) is 6.07 Å². The van der Waals surface area contributed by atoms with E-state index in [4.69, 9.17) is 10.5 Å². The van der Waals surface area contributed by atoms with Gasteiger partial charge in [0.25, 0.3) is 0 Å². The first-order chi connectivity index (χ1) is 10.1. The van der Waals surface area contributed by atoms with E-state index < -0.39 is 0 Å². The number of nitrogens with zero attached hydrogens (tertiary/aromatic N) is 1. The molecule has 2 aromatic rings. The molecule has 1 aliphatic rings. The number of hydrogen-bond donors (Lipinski definition) is 1. The van der Waals surface area contributed by atoms with Crippen molar-refractivity contribution in [2.45, 2.75) is 38.4 Å². The molecule has 2 atom stereocenters. The van der Waals surface area contributed by atoms with Crippen LogP contribution in [0.3, 0.4) is 0 Å². The summed E-state index contributed by atoms with van der Waals surface area (Å²) < 4.78 is 5.29. The molecule has 1 saturated heterocycles. The van der Waals surface area contributed by atoms with E-state index in [2.05, 4.69) is 49.1 Å². The fourth-order valence-corrected chi connectivity index (χ4v) is 3.41. The van der Waals surface area contributed by atoms with Crippen LogP contribution in [-0.4, -0.2) is 30.6 Å². The molecule has 0 aromatic heterocycles. The predicted molar refractivity (Wildman–Crippen MR) is 87.7 cm³/mol. The molecule has 0 saturated carbocycles. The Balaban J connectivity index is 2.00. The molecule has 0 spiro atoms. The van der Waals surface area contributed by atoms with Gasteiger partial charge in [-0.2, -0.15) is 0 Å². The van der Waals surface area contributed by atoms with Gasteiger partial charge < -0.3 is 10.5 Å². The van der Waals surface area contributed by atoms with Crippen LogP contribution in [0.4, 0.5) is 0 Å². The number of hydrogen-bond acceptors (Lipinski definition) is 3. The Hall–Kier alpha value is -1.58. The largest absolute Gasteiger partial charge is 0.497 e. The second-order valence-corrected chi connectivity index (χ2v) is 6.20. The molecule has 1 aliphatic heterocycles. The number of benzene rings is 2. The molecule has 1 heterocycles. The Kier molecular flexibility index (Phi) is 3.87. The second-order valence-electron chi connectivity index (χ2n) is 6.20. The number of fused-ring (bicyclic) bond motifs is 1. The highest BCUT2D eigenvalue weighted by Gasteiger charge is 2.34. The van der Waals surface area contributed by atoms with E-state index in [9.17, 15) is 0 Å². The average Bonchev–Trinajstić information content (AvgIpc) is 2.88. The molecule has 0 bridgehead atoms. The highest BCUT2D eigenvalue weighted by Crippen LogP contribution is 2.34. The summed E-state index contributed by atoms with van der Waals surface area (Å²) in [6.45, 7) is 5.58. The molecule has 21 heavy (non-hydrogen) atoms. The topological polar surface area (TPSA) is 38.5 Å². The van der Waals surface area contributed by atoms with Crippen LogP contribution in [0.1, 0.15) is 31.9 Å². The monoisotopic (exact) mass is 284 g/mol. The maximum absolute atomic E-state index is 6.37. The summed E-state index contributed by atoms with van der Waals surface area (Å²) in [6.07, 6.45) is 1.07. The lowest BCUT2D eigenvalue weighted by atomic mass is 9.97. The van der Waals surface area contributed by atoms with E-state index in [1.54, 1.807) is 7.11 Å². The van der Waals surface area contributed by atoms with Gasteiger partial charge in [-0.05, 0) is 54.8 Å². The van der Waals surface area contributed by atoms with Crippen molar-refractivity contribution in [1.29, 1.82) is 0 Å². The summed E-state index contributed by atoms with van der Waals surface area (Å²) >= 11 is 0. The summed E-state index contributed by atoms with van der Waals surface area (Å²) in [7, 11) is 1.70. The van der Waals surface area contributed by atoms with E-state index in [0.717, 1.165) is 18.7 Å². The zero-order chi connectivity index (χ0) is 15.0. The first-order valence-electron chi connectivity index (χ1n) is 7.69. The summed E-state index contributed by atoms with van der Waals surface area (Å²) in [5.74, 6) is 0.900. The Morgan fingerprint density at radius 2 is 1.86 bits per heavy atom. The van der Waals surface area contributed by atoms with Crippen molar-refractivity contribution in [2.24, 2.45) is 5.73 Å². The van der Waals surface area contributed by atoms with Crippen molar-refractivity contribution in [3.05, 3.63) is 42.0 Å². The van der Waals surface area contributed by atoms with Crippen LogP contribution in [0.2, 0.25) is 0 Å². The van der Waals surface area contributed by atoms with E-state index in [-0.39, 0.29) is 6.04 Å². The van der Waals surface area contributed by atoms with Crippen LogP contribution < -0.4 is 10.5 Å². The summed E-state index contributed by atoms with van der Waals surface area (Å²) in [6, 6.07) is 14.0. The molecule has 2 aromatic carbocycles. The zero-order valence-electron chi connectivity index (χ0n) is 13.0. The fourth-order valence-electron chi connectivity index (χ4n) is 3.41. The smallest absolute Gasteiger partial charge is 0.119 e. The van der Waals surface area contributed by atoms with Crippen molar-refractivity contribution in [3.63, 3.8) is 0 Å². The van der Waals surface area contributed by atoms with Gasteiger partial charge >= 0.3 is 0 Å². The van der Waals surface area contributed by atoms with Gasteiger partial charge in [0.15, 0.2) is 0 Å². The maximum Gasteiger partial charge on any atom is 0.119 e. The molecule has 0 aliphatic carbocycles. The van der Waals surface area contributed by atoms with Gasteiger partial charge in [0.1, 0.15) is 5.75 Å². The normalized spacial score (nSPS) is 23.1. The van der Waals surface area contributed by atoms with Gasteiger partial charge in [-0.25, -0.2) is 0 Å². The molecule has 112 valence electrons. The van der Waals surface area contributed by atoms with Gasteiger partial charge in [-0.1, -0.05) is 18.2 Å². The Labute approximate surface area is 126 Å². The van der Waals surface area contributed by atoms with Crippen molar-refractivity contribution >= 4 is 10.8 Å². The third-order valence-corrected chi connectivity index (χ3v) is 4.56. The standard InChI is InChI=1S/C18H24N2O/c1-12(2)20-9-8-17(19)18(20)15-5-4-14-11-16(21-3)7-6-13(14)10-15/h4-7,10-12,17-18H,8-9,19H2,1-3H3. The summed E-state index contributed by atoms with van der Waals surface area (Å²) in [5.41, 5.74) is 7.69. The maximum atomic E-state index is 6.37. The second kappa shape index (κ2) is 5.66. The van der Waals surface area contributed by atoms with E-state index in [1.165, 1.54) is 16.3 Å². The van der Waals surface area contributed by atoms with Crippen LogP contribution in [0.5, 0.6) is 5.75 Å². The van der Waals surface area contributed by atoms with Gasteiger partial charge in [-0.15, -0.1) is 0 Å². The lowest BCUT2D eigenvalue weighted by Gasteiger charge is -2.30. The van der Waals surface area contributed by atoms with Gasteiger partial charge in [0.05, 0.1) is 13.2 Å². The minimum atomic E-state index is 0.225. The van der Waals surface area contributed by atoms with Gasteiger partial charge in [-0.3, -0.25) is 4.90 Å². The lowest BCUT2D eigenvalue weighted by Crippen LogP contribution is -2.35. The predicted octanol–water partition coefficient (Wildman–Crippen LogP) is 3.33. The highest BCUT2D eigenvalue weighted by molar-refractivity contribution is 5.84. The average molecular weight is 284 g/mol. The Morgan fingerprint density at radius 1 is 1.14 bits per heavy atom. The molecule has 0 radical (unpaired) electrons. The Bertz CT molecular complexity index is 638. The molecule has 2 unspecified atom stereocenters. The molecule has 3 heteroatoms. The van der Waals surface area contributed by atoms with Crippen LogP contribution in [0.15, 0.2) is 36.4 Å². The van der Waals surface area contributed by atoms with E-state index in [0.29, 0.717) is 12.1 Å². The number of likely N-dealkylation sites (tertiary alicyclic amines) is 1. The molecule has 3 nitrogen and oxygen atoms in total. The molecular weight excluding hydrogens is 260 g/mol. The van der Waals surface area contributed by atoms with Crippen molar-refractivity contribution in [2.75, 3.05) is 13.7 Å². The van der Waals surface area contributed by atoms with Crippen LogP contribution in [0, 0.1) is 0 Å². The van der Waals surface area contributed by atoms with Crippen LogP contribution >= 0.6 is 0 Å². The third-order valence-electron chi connectivity index (χ3n) is 4.56. The Morgan fingerprint density at radius 3 is 2.57 bits per heavy atom. The highest BCUT2D eigenvalue weighted by atomic mass is 16.5. The number of methoxy groups -OCH3 is 1. The van der Waals surface area contributed by atoms with E-state index >= 15 is 0 Å². The quantitative estimate of drug-likeness (QED) is 0.939. The fraction of sp³-hybridized carbons (Fsp3) is 0.444. The molecule has 0 amide bonds. The molecule has 2 N–H and O–H groups in total. The number of ether oxygens (including phenoxy) is 1.